The third-order valence-corrected chi connectivity index (χ3v) is 6.35. The Labute approximate surface area is 173 Å². The number of nitrogens with one attached hydrogen (secondary N) is 2. The number of halogens is 2. The van der Waals surface area contributed by atoms with Crippen molar-refractivity contribution in [3.8, 4) is 0 Å². The minimum Gasteiger partial charge on any atom is -0.323 e. The lowest BCUT2D eigenvalue weighted by atomic mass is 10.2. The van der Waals surface area contributed by atoms with Crippen LogP contribution in [0.25, 0.3) is 10.9 Å². The molecule has 4 aromatic rings. The molecule has 0 amide bonds. The van der Waals surface area contributed by atoms with E-state index in [1.54, 1.807) is 0 Å². The molecule has 0 saturated carbocycles. The van der Waals surface area contributed by atoms with Crippen molar-refractivity contribution in [2.75, 3.05) is 5.32 Å². The van der Waals surface area contributed by atoms with Crippen LogP contribution in [0.5, 0.6) is 0 Å². The first-order valence-corrected chi connectivity index (χ1v) is 10.0. The second kappa shape index (κ2) is 7.42. The van der Waals surface area contributed by atoms with Crippen LogP contribution in [0.4, 0.5) is 11.6 Å². The van der Waals surface area contributed by atoms with Gasteiger partial charge >= 0.3 is 0 Å². The molecule has 0 aliphatic rings. The lowest BCUT2D eigenvalue weighted by molar-refractivity contribution is 1.000. The maximum Gasteiger partial charge on any atom is 0.195 e. The van der Waals surface area contributed by atoms with Crippen molar-refractivity contribution in [2.45, 2.75) is 17.0 Å². The number of para-hydroxylation sites is 1. The van der Waals surface area contributed by atoms with E-state index in [-0.39, 0.29) is 0 Å². The molecule has 0 atom stereocenters. The number of hydrogen-bond acceptors (Lipinski definition) is 5. The maximum absolute atomic E-state index is 6.36. The topological polar surface area (TPSA) is 66.5 Å². The van der Waals surface area contributed by atoms with Crippen LogP contribution in [-0.4, -0.2) is 20.2 Å². The van der Waals surface area contributed by atoms with Gasteiger partial charge in [-0.15, -0.1) is 0 Å². The summed E-state index contributed by atoms with van der Waals surface area (Å²) in [6.07, 6.45) is 0. The minimum absolute atomic E-state index is 0.629. The van der Waals surface area contributed by atoms with Gasteiger partial charge in [0.15, 0.2) is 11.0 Å². The van der Waals surface area contributed by atoms with Gasteiger partial charge in [0.2, 0.25) is 0 Å². The van der Waals surface area contributed by atoms with Gasteiger partial charge in [0.05, 0.1) is 10.5 Å². The van der Waals surface area contributed by atoms with Crippen molar-refractivity contribution in [1.82, 2.24) is 20.2 Å². The first-order valence-electron chi connectivity index (χ1n) is 7.78. The fourth-order valence-electron chi connectivity index (χ4n) is 2.47. The van der Waals surface area contributed by atoms with E-state index in [0.29, 0.717) is 16.0 Å². The molecule has 2 N–H and O–H groups in total. The van der Waals surface area contributed by atoms with E-state index in [1.807, 2.05) is 55.5 Å². The highest BCUT2D eigenvalue weighted by Gasteiger charge is 2.13. The Morgan fingerprint density at radius 2 is 1.96 bits per heavy atom. The summed E-state index contributed by atoms with van der Waals surface area (Å²) < 4.78 is 1.06. The Hall–Kier alpha value is -1.84. The SMILES string of the molecule is Cc1cc(Nc2nc(Sc3c(Cl)cccc3I)nc3ccccc23)n[nH]1. The predicted octanol–water partition coefficient (Wildman–Crippen LogP) is 5.81. The molecule has 130 valence electrons. The molecular formula is C18H13ClIN5S. The van der Waals surface area contributed by atoms with E-state index in [0.717, 1.165) is 30.9 Å². The molecule has 0 fully saturated rings. The molecule has 0 aliphatic carbocycles. The number of anilines is 2. The summed E-state index contributed by atoms with van der Waals surface area (Å²) in [6.45, 7) is 1.96. The molecule has 2 aromatic heterocycles. The highest BCUT2D eigenvalue weighted by Crippen LogP contribution is 2.36. The lowest BCUT2D eigenvalue weighted by Gasteiger charge is -2.10. The van der Waals surface area contributed by atoms with Crippen molar-refractivity contribution in [3.63, 3.8) is 0 Å². The number of hydrogen-bond donors (Lipinski definition) is 2. The fourth-order valence-corrected chi connectivity index (χ4v) is 4.54. The number of aromatic amines is 1. The summed E-state index contributed by atoms with van der Waals surface area (Å²) in [5.74, 6) is 1.43. The Kier molecular flexibility index (Phi) is 5.01. The predicted molar refractivity (Wildman–Crippen MR) is 114 cm³/mol. The van der Waals surface area contributed by atoms with Gasteiger partial charge in [-0.1, -0.05) is 29.8 Å². The van der Waals surface area contributed by atoms with E-state index in [4.69, 9.17) is 16.6 Å². The zero-order valence-corrected chi connectivity index (χ0v) is 17.4. The van der Waals surface area contributed by atoms with Crippen molar-refractivity contribution in [2.24, 2.45) is 0 Å². The van der Waals surface area contributed by atoms with Gasteiger partial charge in [-0.05, 0) is 65.5 Å². The smallest absolute Gasteiger partial charge is 0.195 e. The van der Waals surface area contributed by atoms with Gasteiger partial charge in [-0.3, -0.25) is 5.10 Å². The van der Waals surface area contributed by atoms with Crippen LogP contribution < -0.4 is 5.32 Å². The second-order valence-electron chi connectivity index (χ2n) is 5.59. The number of aromatic nitrogens is 4. The van der Waals surface area contributed by atoms with Crippen LogP contribution in [0, 0.1) is 10.5 Å². The van der Waals surface area contributed by atoms with Crippen molar-refractivity contribution in [1.29, 1.82) is 0 Å². The van der Waals surface area contributed by atoms with Crippen LogP contribution in [0.2, 0.25) is 5.02 Å². The van der Waals surface area contributed by atoms with Crippen LogP contribution in [0.3, 0.4) is 0 Å². The van der Waals surface area contributed by atoms with Crippen molar-refractivity contribution in [3.05, 3.63) is 62.8 Å². The fraction of sp³-hybridized carbons (Fsp3) is 0.0556. The zero-order chi connectivity index (χ0) is 18.1. The maximum atomic E-state index is 6.36. The molecule has 2 heterocycles. The highest BCUT2D eigenvalue weighted by atomic mass is 127. The van der Waals surface area contributed by atoms with Crippen LogP contribution in [0.1, 0.15) is 5.69 Å². The van der Waals surface area contributed by atoms with E-state index in [9.17, 15) is 0 Å². The molecule has 0 spiro atoms. The Morgan fingerprint density at radius 3 is 2.73 bits per heavy atom. The molecule has 0 radical (unpaired) electrons. The van der Waals surface area contributed by atoms with Gasteiger partial charge in [0.1, 0.15) is 5.82 Å². The monoisotopic (exact) mass is 493 g/mol. The van der Waals surface area contributed by atoms with E-state index in [2.05, 4.69) is 43.1 Å². The number of H-pyrrole nitrogens is 1. The van der Waals surface area contributed by atoms with Gasteiger partial charge in [0.25, 0.3) is 0 Å². The number of nitrogens with zero attached hydrogens (tertiary/aromatic N) is 3. The van der Waals surface area contributed by atoms with Crippen LogP contribution in [-0.2, 0) is 0 Å². The number of benzene rings is 2. The van der Waals surface area contributed by atoms with E-state index in [1.165, 1.54) is 11.8 Å². The molecule has 4 rings (SSSR count). The average Bonchev–Trinajstić information content (AvgIpc) is 3.03. The van der Waals surface area contributed by atoms with Gasteiger partial charge in [0, 0.05) is 25.6 Å². The third kappa shape index (κ3) is 3.65. The number of aryl methyl sites for hydroxylation is 1. The first-order chi connectivity index (χ1) is 12.6. The molecule has 0 unspecified atom stereocenters. The summed E-state index contributed by atoms with van der Waals surface area (Å²) in [4.78, 5) is 10.3. The zero-order valence-electron chi connectivity index (χ0n) is 13.6. The molecule has 26 heavy (non-hydrogen) atoms. The van der Waals surface area contributed by atoms with Gasteiger partial charge < -0.3 is 5.32 Å². The highest BCUT2D eigenvalue weighted by molar-refractivity contribution is 14.1. The molecule has 0 aliphatic heterocycles. The van der Waals surface area contributed by atoms with Crippen molar-refractivity contribution < 1.29 is 0 Å². The third-order valence-electron chi connectivity index (χ3n) is 3.65. The summed E-state index contributed by atoms with van der Waals surface area (Å²) >= 11 is 10.1. The van der Waals surface area contributed by atoms with Gasteiger partial charge in [-0.25, -0.2) is 9.97 Å². The summed E-state index contributed by atoms with van der Waals surface area (Å²) in [7, 11) is 0. The van der Waals surface area contributed by atoms with E-state index < -0.39 is 0 Å². The van der Waals surface area contributed by atoms with E-state index >= 15 is 0 Å². The quantitative estimate of drug-likeness (QED) is 0.277. The molecule has 8 heteroatoms. The Balaban J connectivity index is 1.78. The second-order valence-corrected chi connectivity index (χ2v) is 8.13. The van der Waals surface area contributed by atoms with Crippen LogP contribution in [0.15, 0.2) is 58.6 Å². The Morgan fingerprint density at radius 1 is 1.12 bits per heavy atom. The summed E-state index contributed by atoms with van der Waals surface area (Å²) in [5.41, 5.74) is 1.84. The minimum atomic E-state index is 0.629. The molecule has 2 aromatic carbocycles. The summed E-state index contributed by atoms with van der Waals surface area (Å²) in [6, 6.07) is 15.6. The normalized spacial score (nSPS) is 11.0. The number of fused-ring (bicyclic) bond motifs is 1. The molecule has 0 saturated heterocycles. The largest absolute Gasteiger partial charge is 0.323 e. The average molecular weight is 494 g/mol. The van der Waals surface area contributed by atoms with Crippen molar-refractivity contribution >= 4 is 68.5 Å². The van der Waals surface area contributed by atoms with Gasteiger partial charge in [-0.2, -0.15) is 5.10 Å². The standard InChI is InChI=1S/C18H13ClIN5S/c1-10-9-15(25-24-10)22-17-11-5-2-3-8-14(11)21-18(23-17)26-16-12(19)6-4-7-13(16)20/h2-9H,1H3,(H2,21,22,23,24,25). The molecular weight excluding hydrogens is 481 g/mol. The first kappa shape index (κ1) is 17.6. The molecule has 0 bridgehead atoms. The molecule has 5 nitrogen and oxygen atoms in total. The number of rotatable bonds is 4. The lowest BCUT2D eigenvalue weighted by Crippen LogP contribution is -1.99. The summed E-state index contributed by atoms with van der Waals surface area (Å²) in [5, 5.41) is 12.7. The van der Waals surface area contributed by atoms with Crippen LogP contribution >= 0.6 is 46.0 Å². The Bertz CT molecular complexity index is 1080.